The third kappa shape index (κ3) is 4.43. The second-order valence-electron chi connectivity index (χ2n) is 6.58. The van der Waals surface area contributed by atoms with E-state index in [2.05, 4.69) is 37.1 Å². The number of fused-ring (bicyclic) bond motifs is 1. The zero-order valence-electron chi connectivity index (χ0n) is 15.0. The molecule has 1 aliphatic rings. The molecule has 8 heteroatoms. The van der Waals surface area contributed by atoms with Crippen molar-refractivity contribution in [2.24, 2.45) is 0 Å². The molecule has 0 fully saturated rings. The summed E-state index contributed by atoms with van der Waals surface area (Å²) < 4.78 is 7.33. The van der Waals surface area contributed by atoms with Crippen molar-refractivity contribution in [2.45, 2.75) is 77.8 Å². The van der Waals surface area contributed by atoms with Crippen LogP contribution in [-0.4, -0.2) is 30.8 Å². The summed E-state index contributed by atoms with van der Waals surface area (Å²) in [6, 6.07) is -0.162. The molecule has 1 amide bonds. The van der Waals surface area contributed by atoms with E-state index in [9.17, 15) is 4.79 Å². The Hall–Kier alpha value is -2.25. The third-order valence-corrected chi connectivity index (χ3v) is 4.45. The third-order valence-electron chi connectivity index (χ3n) is 4.45. The molecule has 0 radical (unpaired) electrons. The van der Waals surface area contributed by atoms with Gasteiger partial charge in [0, 0.05) is 32.2 Å². The lowest BCUT2D eigenvalue weighted by atomic mass is 10.2. The van der Waals surface area contributed by atoms with E-state index < -0.39 is 0 Å². The fraction of sp³-hybridized carbons (Fsp3) is 0.706. The Balaban J connectivity index is 1.53. The Morgan fingerprint density at radius 1 is 1.28 bits per heavy atom. The average Bonchev–Trinajstić information content (AvgIpc) is 3.14. The minimum Gasteiger partial charge on any atom is -0.346 e. The smallest absolute Gasteiger partial charge is 0.227 e. The van der Waals surface area contributed by atoms with Gasteiger partial charge in [0.15, 0.2) is 11.6 Å². The Labute approximate surface area is 147 Å². The van der Waals surface area contributed by atoms with E-state index in [0.29, 0.717) is 24.6 Å². The number of rotatable bonds is 7. The van der Waals surface area contributed by atoms with Gasteiger partial charge < -0.3 is 14.4 Å². The van der Waals surface area contributed by atoms with Gasteiger partial charge in [-0.05, 0) is 26.2 Å². The summed E-state index contributed by atoms with van der Waals surface area (Å²) in [6.07, 6.45) is 7.01. The van der Waals surface area contributed by atoms with Crippen molar-refractivity contribution in [3.63, 3.8) is 0 Å². The molecule has 1 aliphatic heterocycles. The van der Waals surface area contributed by atoms with Gasteiger partial charge in [0.05, 0.1) is 6.04 Å². The Morgan fingerprint density at radius 2 is 2.16 bits per heavy atom. The molecule has 3 heterocycles. The molecule has 2 aromatic heterocycles. The van der Waals surface area contributed by atoms with Gasteiger partial charge in [-0.1, -0.05) is 18.5 Å². The van der Waals surface area contributed by atoms with E-state index >= 15 is 0 Å². The largest absolute Gasteiger partial charge is 0.346 e. The summed E-state index contributed by atoms with van der Waals surface area (Å²) in [5.41, 5.74) is 0. The minimum atomic E-state index is -0.162. The van der Waals surface area contributed by atoms with E-state index in [1.54, 1.807) is 0 Å². The van der Waals surface area contributed by atoms with Crippen LogP contribution in [0.4, 0.5) is 0 Å². The molecule has 136 valence electrons. The predicted molar refractivity (Wildman–Crippen MR) is 90.7 cm³/mol. The van der Waals surface area contributed by atoms with E-state index in [1.807, 2.05) is 6.92 Å². The molecule has 1 atom stereocenters. The Kier molecular flexibility index (Phi) is 5.78. The van der Waals surface area contributed by atoms with E-state index in [0.717, 1.165) is 50.3 Å². The highest BCUT2D eigenvalue weighted by atomic mass is 16.5. The zero-order chi connectivity index (χ0) is 17.6. The first kappa shape index (κ1) is 17.6. The van der Waals surface area contributed by atoms with Gasteiger partial charge in [-0.25, -0.2) is 0 Å². The number of hydrogen-bond donors (Lipinski definition) is 1. The van der Waals surface area contributed by atoms with Crippen molar-refractivity contribution in [3.8, 4) is 0 Å². The molecule has 0 aromatic carbocycles. The Bertz CT molecular complexity index is 708. The number of carbonyl (C=O) groups is 1. The summed E-state index contributed by atoms with van der Waals surface area (Å²) in [4.78, 5) is 16.5. The molecule has 0 aliphatic carbocycles. The van der Waals surface area contributed by atoms with Crippen molar-refractivity contribution in [2.75, 3.05) is 0 Å². The normalized spacial score (nSPS) is 15.4. The molecule has 0 unspecified atom stereocenters. The van der Waals surface area contributed by atoms with Crippen LogP contribution in [0.2, 0.25) is 0 Å². The van der Waals surface area contributed by atoms with Gasteiger partial charge in [0.2, 0.25) is 11.8 Å². The SMILES string of the molecule is CCCc1noc(CCC(=O)N[C@H](C)c2nnc3n2CCCCC3)n1. The number of hydrogen-bond acceptors (Lipinski definition) is 6. The lowest BCUT2D eigenvalue weighted by Gasteiger charge is -2.15. The maximum absolute atomic E-state index is 12.2. The van der Waals surface area contributed by atoms with Crippen molar-refractivity contribution >= 4 is 5.91 Å². The fourth-order valence-corrected chi connectivity index (χ4v) is 3.14. The summed E-state index contributed by atoms with van der Waals surface area (Å²) >= 11 is 0. The highest BCUT2D eigenvalue weighted by molar-refractivity contribution is 5.76. The lowest BCUT2D eigenvalue weighted by molar-refractivity contribution is -0.121. The molecular formula is C17H26N6O2. The van der Waals surface area contributed by atoms with Gasteiger partial charge in [-0.3, -0.25) is 4.79 Å². The molecule has 3 rings (SSSR count). The summed E-state index contributed by atoms with van der Waals surface area (Å²) in [5.74, 6) is 3.05. The van der Waals surface area contributed by atoms with Gasteiger partial charge in [-0.15, -0.1) is 10.2 Å². The van der Waals surface area contributed by atoms with Crippen molar-refractivity contribution in [1.29, 1.82) is 0 Å². The predicted octanol–water partition coefficient (Wildman–Crippen LogP) is 2.15. The van der Waals surface area contributed by atoms with Gasteiger partial charge in [0.1, 0.15) is 5.82 Å². The molecule has 8 nitrogen and oxygen atoms in total. The maximum Gasteiger partial charge on any atom is 0.227 e. The fourth-order valence-electron chi connectivity index (χ4n) is 3.14. The number of nitrogens with zero attached hydrogens (tertiary/aromatic N) is 5. The average molecular weight is 346 g/mol. The van der Waals surface area contributed by atoms with Crippen molar-refractivity contribution in [1.82, 2.24) is 30.2 Å². The number of carbonyl (C=O) groups excluding carboxylic acids is 1. The lowest BCUT2D eigenvalue weighted by Crippen LogP contribution is -2.29. The zero-order valence-corrected chi connectivity index (χ0v) is 15.0. The quantitative estimate of drug-likeness (QED) is 0.825. The van der Waals surface area contributed by atoms with Gasteiger partial charge in [0.25, 0.3) is 0 Å². The van der Waals surface area contributed by atoms with Crippen LogP contribution < -0.4 is 5.32 Å². The highest BCUT2D eigenvalue weighted by Crippen LogP contribution is 2.18. The van der Waals surface area contributed by atoms with Gasteiger partial charge >= 0.3 is 0 Å². The van der Waals surface area contributed by atoms with Crippen molar-refractivity contribution in [3.05, 3.63) is 23.4 Å². The van der Waals surface area contributed by atoms with Crippen LogP contribution >= 0.6 is 0 Å². The highest BCUT2D eigenvalue weighted by Gasteiger charge is 2.20. The van der Waals surface area contributed by atoms with Crippen LogP contribution in [0.25, 0.3) is 0 Å². The molecule has 0 saturated carbocycles. The van der Waals surface area contributed by atoms with Crippen LogP contribution in [-0.2, 0) is 30.6 Å². The number of amides is 1. The standard InChI is InChI=1S/C17H26N6O2/c1-3-7-13-19-16(25-22-13)10-9-15(24)18-12(2)17-21-20-14-8-5-4-6-11-23(14)17/h12H,3-11H2,1-2H3,(H,18,24)/t12-/m1/s1. The van der Waals surface area contributed by atoms with Crippen molar-refractivity contribution < 1.29 is 9.32 Å². The second kappa shape index (κ2) is 8.22. The molecule has 0 saturated heterocycles. The topological polar surface area (TPSA) is 98.7 Å². The molecule has 2 aromatic rings. The summed E-state index contributed by atoms with van der Waals surface area (Å²) in [6.45, 7) is 4.95. The first-order chi connectivity index (χ1) is 12.2. The van der Waals surface area contributed by atoms with E-state index in [-0.39, 0.29) is 11.9 Å². The first-order valence-electron chi connectivity index (χ1n) is 9.20. The second-order valence-corrected chi connectivity index (χ2v) is 6.58. The van der Waals surface area contributed by atoms with E-state index in [1.165, 1.54) is 6.42 Å². The molecule has 1 N–H and O–H groups in total. The van der Waals surface area contributed by atoms with Crippen LogP contribution in [0, 0.1) is 0 Å². The van der Waals surface area contributed by atoms with Crippen LogP contribution in [0.1, 0.15) is 75.4 Å². The maximum atomic E-state index is 12.2. The first-order valence-corrected chi connectivity index (χ1v) is 9.20. The summed E-state index contributed by atoms with van der Waals surface area (Å²) in [7, 11) is 0. The van der Waals surface area contributed by atoms with Gasteiger partial charge in [-0.2, -0.15) is 4.98 Å². The molecule has 25 heavy (non-hydrogen) atoms. The van der Waals surface area contributed by atoms with Crippen LogP contribution in [0.15, 0.2) is 4.52 Å². The van der Waals surface area contributed by atoms with E-state index in [4.69, 9.17) is 4.52 Å². The van der Waals surface area contributed by atoms with Crippen LogP contribution in [0.3, 0.4) is 0 Å². The summed E-state index contributed by atoms with van der Waals surface area (Å²) in [5, 5.41) is 15.5. The molecule has 0 spiro atoms. The van der Waals surface area contributed by atoms with Crippen LogP contribution in [0.5, 0.6) is 0 Å². The minimum absolute atomic E-state index is 0.0475. The number of aromatic nitrogens is 5. The monoisotopic (exact) mass is 346 g/mol. The number of aryl methyl sites for hydroxylation is 3. The Morgan fingerprint density at radius 3 is 3.00 bits per heavy atom. The molecular weight excluding hydrogens is 320 g/mol. The molecule has 0 bridgehead atoms. The number of nitrogens with one attached hydrogen (secondary N) is 1.